The molecule has 0 aliphatic carbocycles. The standard InChI is InChI=1S/C22H28N2OS/c1-16-10-17(2)12-19(11-16)14-26-15-21(25)24-23-13-18-6-8-20(9-7-18)22(3,4)5/h6-13H,14-15H2,1-5H3,(H,24,25)/b23-13-. The summed E-state index contributed by atoms with van der Waals surface area (Å²) in [6, 6.07) is 14.7. The van der Waals surface area contributed by atoms with E-state index in [9.17, 15) is 4.79 Å². The third-order valence-corrected chi connectivity index (χ3v) is 4.97. The second kappa shape index (κ2) is 9.04. The van der Waals surface area contributed by atoms with Crippen molar-refractivity contribution < 1.29 is 4.79 Å². The van der Waals surface area contributed by atoms with Crippen LogP contribution in [0.5, 0.6) is 0 Å². The van der Waals surface area contributed by atoms with E-state index >= 15 is 0 Å². The first-order valence-corrected chi connectivity index (χ1v) is 9.97. The van der Waals surface area contributed by atoms with Crippen LogP contribution in [-0.2, 0) is 16.0 Å². The predicted molar refractivity (Wildman–Crippen MR) is 113 cm³/mol. The number of benzene rings is 2. The summed E-state index contributed by atoms with van der Waals surface area (Å²) in [5.41, 5.74) is 8.75. The van der Waals surface area contributed by atoms with Gasteiger partial charge in [-0.1, -0.05) is 74.4 Å². The summed E-state index contributed by atoms with van der Waals surface area (Å²) in [7, 11) is 0. The molecule has 0 saturated heterocycles. The second-order valence-electron chi connectivity index (χ2n) is 7.65. The highest BCUT2D eigenvalue weighted by molar-refractivity contribution is 7.99. The van der Waals surface area contributed by atoms with Crippen molar-refractivity contribution in [2.75, 3.05) is 5.75 Å². The SMILES string of the molecule is Cc1cc(C)cc(CSCC(=O)N/N=C\c2ccc(C(C)(C)C)cc2)c1. The van der Waals surface area contributed by atoms with Crippen LogP contribution in [0.1, 0.15) is 48.6 Å². The summed E-state index contributed by atoms with van der Waals surface area (Å²) in [4.78, 5) is 11.9. The third kappa shape index (κ3) is 6.68. The van der Waals surface area contributed by atoms with Crippen molar-refractivity contribution in [3.63, 3.8) is 0 Å². The normalized spacial score (nSPS) is 11.7. The number of hydrogen-bond donors (Lipinski definition) is 1. The third-order valence-electron chi connectivity index (χ3n) is 3.96. The van der Waals surface area contributed by atoms with Gasteiger partial charge in [0.2, 0.25) is 5.91 Å². The maximum absolute atomic E-state index is 11.9. The van der Waals surface area contributed by atoms with Gasteiger partial charge in [-0.2, -0.15) is 5.10 Å². The summed E-state index contributed by atoms with van der Waals surface area (Å²) in [6.07, 6.45) is 1.68. The van der Waals surface area contributed by atoms with E-state index in [-0.39, 0.29) is 11.3 Å². The molecule has 138 valence electrons. The van der Waals surface area contributed by atoms with E-state index in [0.717, 1.165) is 11.3 Å². The molecule has 1 N–H and O–H groups in total. The van der Waals surface area contributed by atoms with E-state index in [2.05, 4.69) is 75.5 Å². The quantitative estimate of drug-likeness (QED) is 0.577. The molecule has 26 heavy (non-hydrogen) atoms. The van der Waals surface area contributed by atoms with Crippen molar-refractivity contribution in [3.05, 3.63) is 70.3 Å². The van der Waals surface area contributed by atoms with Crippen LogP contribution in [0.4, 0.5) is 0 Å². The maximum Gasteiger partial charge on any atom is 0.250 e. The summed E-state index contributed by atoms with van der Waals surface area (Å²) < 4.78 is 0. The Bertz CT molecular complexity index is 753. The number of carbonyl (C=O) groups excluding carboxylic acids is 1. The van der Waals surface area contributed by atoms with Gasteiger partial charge in [0.1, 0.15) is 0 Å². The van der Waals surface area contributed by atoms with Crippen LogP contribution in [0.25, 0.3) is 0 Å². The molecule has 0 unspecified atom stereocenters. The van der Waals surface area contributed by atoms with Crippen molar-refractivity contribution in [2.24, 2.45) is 5.10 Å². The zero-order chi connectivity index (χ0) is 19.2. The van der Waals surface area contributed by atoms with Crippen LogP contribution in [0, 0.1) is 13.8 Å². The summed E-state index contributed by atoms with van der Waals surface area (Å²) in [5, 5.41) is 4.05. The summed E-state index contributed by atoms with van der Waals surface area (Å²) >= 11 is 1.60. The number of nitrogens with one attached hydrogen (secondary N) is 1. The zero-order valence-electron chi connectivity index (χ0n) is 16.3. The van der Waals surface area contributed by atoms with Gasteiger partial charge < -0.3 is 0 Å². The largest absolute Gasteiger partial charge is 0.272 e. The van der Waals surface area contributed by atoms with Crippen LogP contribution >= 0.6 is 11.8 Å². The number of carbonyl (C=O) groups is 1. The van der Waals surface area contributed by atoms with Crippen molar-refractivity contribution in [1.82, 2.24) is 5.43 Å². The molecular weight excluding hydrogens is 340 g/mol. The molecule has 0 heterocycles. The van der Waals surface area contributed by atoms with Crippen molar-refractivity contribution in [2.45, 2.75) is 45.8 Å². The second-order valence-corrected chi connectivity index (χ2v) is 8.64. The molecule has 0 aromatic heterocycles. The van der Waals surface area contributed by atoms with Crippen LogP contribution in [0.2, 0.25) is 0 Å². The first kappa shape index (κ1) is 20.2. The lowest BCUT2D eigenvalue weighted by Crippen LogP contribution is -2.19. The first-order chi connectivity index (χ1) is 12.2. The van der Waals surface area contributed by atoms with Crippen LogP contribution < -0.4 is 5.43 Å². The topological polar surface area (TPSA) is 41.5 Å². The minimum Gasteiger partial charge on any atom is -0.272 e. The molecule has 2 aromatic rings. The summed E-state index contributed by atoms with van der Waals surface area (Å²) in [6.45, 7) is 10.7. The Morgan fingerprint density at radius 3 is 2.27 bits per heavy atom. The van der Waals surface area contributed by atoms with Gasteiger partial charge in [0.25, 0.3) is 0 Å². The molecule has 2 aromatic carbocycles. The monoisotopic (exact) mass is 368 g/mol. The predicted octanol–water partition coefficient (Wildman–Crippen LogP) is 4.98. The molecule has 2 rings (SSSR count). The highest BCUT2D eigenvalue weighted by atomic mass is 32.2. The molecule has 4 heteroatoms. The lowest BCUT2D eigenvalue weighted by atomic mass is 9.87. The molecule has 0 atom stereocenters. The number of hydrazone groups is 1. The molecule has 0 fully saturated rings. The van der Waals surface area contributed by atoms with Gasteiger partial charge >= 0.3 is 0 Å². The van der Waals surface area contributed by atoms with E-state index in [0.29, 0.717) is 5.75 Å². The van der Waals surface area contributed by atoms with Gasteiger partial charge in [-0.15, -0.1) is 11.8 Å². The molecule has 3 nitrogen and oxygen atoms in total. The highest BCUT2D eigenvalue weighted by Crippen LogP contribution is 2.21. The van der Waals surface area contributed by atoms with E-state index in [1.807, 2.05) is 12.1 Å². The minimum atomic E-state index is -0.0815. The number of thioether (sulfide) groups is 1. The number of aryl methyl sites for hydroxylation is 2. The van der Waals surface area contributed by atoms with Crippen molar-refractivity contribution >= 4 is 23.9 Å². The molecule has 0 aliphatic rings. The number of hydrogen-bond acceptors (Lipinski definition) is 3. The van der Waals surface area contributed by atoms with Gasteiger partial charge in [-0.3, -0.25) is 4.79 Å². The van der Waals surface area contributed by atoms with Gasteiger partial charge in [-0.05, 0) is 36.0 Å². The molecule has 0 bridgehead atoms. The van der Waals surface area contributed by atoms with E-state index in [1.165, 1.54) is 22.3 Å². The molecule has 1 amide bonds. The van der Waals surface area contributed by atoms with Gasteiger partial charge in [-0.25, -0.2) is 5.43 Å². The van der Waals surface area contributed by atoms with E-state index < -0.39 is 0 Å². The van der Waals surface area contributed by atoms with Crippen LogP contribution in [0.3, 0.4) is 0 Å². The molecule has 0 saturated carbocycles. The maximum atomic E-state index is 11.9. The highest BCUT2D eigenvalue weighted by Gasteiger charge is 2.12. The van der Waals surface area contributed by atoms with Gasteiger partial charge in [0.15, 0.2) is 0 Å². The Balaban J connectivity index is 1.76. The fourth-order valence-electron chi connectivity index (χ4n) is 2.69. The van der Waals surface area contributed by atoms with Crippen molar-refractivity contribution in [1.29, 1.82) is 0 Å². The first-order valence-electron chi connectivity index (χ1n) is 8.81. The van der Waals surface area contributed by atoms with Crippen molar-refractivity contribution in [3.8, 4) is 0 Å². The zero-order valence-corrected chi connectivity index (χ0v) is 17.1. The lowest BCUT2D eigenvalue weighted by Gasteiger charge is -2.18. The number of rotatable bonds is 6. The Hall–Kier alpha value is -2.07. The van der Waals surface area contributed by atoms with Crippen LogP contribution in [0.15, 0.2) is 47.6 Å². The fraction of sp³-hybridized carbons (Fsp3) is 0.364. The fourth-order valence-corrected chi connectivity index (χ4v) is 3.45. The van der Waals surface area contributed by atoms with Crippen LogP contribution in [-0.4, -0.2) is 17.9 Å². The average Bonchev–Trinajstić information content (AvgIpc) is 2.53. The van der Waals surface area contributed by atoms with Gasteiger partial charge in [0.05, 0.1) is 12.0 Å². The molecule has 0 radical (unpaired) electrons. The minimum absolute atomic E-state index is 0.0815. The average molecular weight is 369 g/mol. The van der Waals surface area contributed by atoms with Gasteiger partial charge in [0, 0.05) is 5.75 Å². The van der Waals surface area contributed by atoms with E-state index in [4.69, 9.17) is 0 Å². The Labute approximate surface area is 161 Å². The molecular formula is C22H28N2OS. The molecule has 0 spiro atoms. The van der Waals surface area contributed by atoms with E-state index in [1.54, 1.807) is 18.0 Å². The smallest absolute Gasteiger partial charge is 0.250 e. The molecule has 0 aliphatic heterocycles. The number of amides is 1. The Morgan fingerprint density at radius 1 is 1.08 bits per heavy atom. The number of nitrogens with zero attached hydrogens (tertiary/aromatic N) is 1. The summed E-state index contributed by atoms with van der Waals surface area (Å²) in [5.74, 6) is 1.14. The lowest BCUT2D eigenvalue weighted by molar-refractivity contribution is -0.118. The Kier molecular flexibility index (Phi) is 7.04. The Morgan fingerprint density at radius 2 is 1.69 bits per heavy atom.